The summed E-state index contributed by atoms with van der Waals surface area (Å²) in [5.74, 6) is 1.11. The number of methoxy groups -OCH3 is 1. The number of urea groups is 1. The molecule has 2 N–H and O–H groups in total. The number of benzene rings is 1. The Balaban J connectivity index is 1.46. The van der Waals surface area contributed by atoms with Gasteiger partial charge in [-0.1, -0.05) is 12.1 Å². The number of anilines is 4. The van der Waals surface area contributed by atoms with Gasteiger partial charge in [0.15, 0.2) is 0 Å². The minimum Gasteiger partial charge on any atom is -0.495 e. The number of hydrogen-bond acceptors (Lipinski definition) is 9. The third kappa shape index (κ3) is 5.24. The number of aliphatic hydroxyl groups is 1. The van der Waals surface area contributed by atoms with Crippen molar-refractivity contribution < 1.29 is 25.5 Å². The largest absolute Gasteiger partial charge is 0.495 e. The van der Waals surface area contributed by atoms with Gasteiger partial charge in [0.1, 0.15) is 17.2 Å². The third-order valence-electron chi connectivity index (χ3n) is 6.54. The summed E-state index contributed by atoms with van der Waals surface area (Å²) in [5.41, 5.74) is 1.46. The molecule has 5 rings (SSSR count). The Morgan fingerprint density at radius 2 is 2.10 bits per heavy atom. The molecule has 2 aromatic heterocycles. The van der Waals surface area contributed by atoms with Crippen molar-refractivity contribution in [1.29, 1.82) is 0 Å². The maximum absolute atomic E-state index is 13.8. The predicted molar refractivity (Wildman–Crippen MR) is 148 cm³/mol. The number of ether oxygens (including phenoxy) is 2. The lowest BCUT2D eigenvalue weighted by molar-refractivity contribution is 0.0571. The van der Waals surface area contributed by atoms with Crippen LogP contribution < -0.4 is 19.9 Å². The molecule has 13 nitrogen and oxygen atoms in total. The molecule has 1 unspecified atom stereocenters. The lowest BCUT2D eigenvalue weighted by atomic mass is 9.93. The van der Waals surface area contributed by atoms with Crippen LogP contribution in [0.25, 0.3) is 0 Å². The monoisotopic (exact) mass is 551 g/mol. The molecule has 0 bridgehead atoms. The summed E-state index contributed by atoms with van der Waals surface area (Å²) in [4.78, 5) is 40.3. The van der Waals surface area contributed by atoms with Crippen LogP contribution in [0.1, 0.15) is 45.7 Å². The highest BCUT2D eigenvalue weighted by Crippen LogP contribution is 2.45. The molecule has 2 aliphatic heterocycles. The Morgan fingerprint density at radius 1 is 1.30 bits per heavy atom. The van der Waals surface area contributed by atoms with Crippen LogP contribution in [0.4, 0.5) is 32.7 Å². The van der Waals surface area contributed by atoms with E-state index in [0.29, 0.717) is 40.6 Å². The Kier molecular flexibility index (Phi) is 6.88. The summed E-state index contributed by atoms with van der Waals surface area (Å²) in [6.07, 6.45) is 4.54. The molecule has 2 aliphatic rings. The fourth-order valence-electron chi connectivity index (χ4n) is 4.80. The third-order valence-corrected chi connectivity index (χ3v) is 6.54. The van der Waals surface area contributed by atoms with Crippen molar-refractivity contribution >= 4 is 35.3 Å². The van der Waals surface area contributed by atoms with Gasteiger partial charge in [-0.25, -0.2) is 14.6 Å². The number of hydrogen-bond donors (Lipinski definition) is 2. The first kappa shape index (κ1) is 25.9. The first-order chi connectivity index (χ1) is 19.4. The van der Waals surface area contributed by atoms with E-state index >= 15 is 0 Å². The molecule has 4 heterocycles. The van der Waals surface area contributed by atoms with Crippen molar-refractivity contribution in [2.24, 2.45) is 0 Å². The van der Waals surface area contributed by atoms with Crippen molar-refractivity contribution in [3.63, 3.8) is 0 Å². The van der Waals surface area contributed by atoms with Gasteiger partial charge in [0.2, 0.25) is 5.95 Å². The molecule has 1 aromatic carbocycles. The zero-order chi connectivity index (χ0) is 29.5. The second-order valence-corrected chi connectivity index (χ2v) is 10.5. The number of para-hydroxylation sites is 1. The Hall–Kier alpha value is -4.39. The van der Waals surface area contributed by atoms with E-state index in [1.807, 2.05) is 0 Å². The molecular weight excluding hydrogens is 516 g/mol. The lowest BCUT2D eigenvalue weighted by Gasteiger charge is -2.43. The molecule has 0 saturated carbocycles. The Morgan fingerprint density at radius 3 is 2.83 bits per heavy atom. The van der Waals surface area contributed by atoms with E-state index < -0.39 is 23.7 Å². The summed E-state index contributed by atoms with van der Waals surface area (Å²) >= 11 is 0. The summed E-state index contributed by atoms with van der Waals surface area (Å²) in [5, 5.41) is 16.3. The number of aromatic nitrogens is 4. The number of rotatable bonds is 6. The zero-order valence-electron chi connectivity index (χ0n) is 24.2. The van der Waals surface area contributed by atoms with Crippen LogP contribution in [0.5, 0.6) is 5.75 Å². The molecule has 0 fully saturated rings. The molecule has 0 spiro atoms. The fourth-order valence-corrected chi connectivity index (χ4v) is 4.80. The van der Waals surface area contributed by atoms with Crippen LogP contribution in [-0.4, -0.2) is 74.8 Å². The smallest absolute Gasteiger partial charge is 0.414 e. The van der Waals surface area contributed by atoms with E-state index in [-0.39, 0.29) is 32.1 Å². The lowest BCUT2D eigenvalue weighted by Crippen LogP contribution is -2.50. The number of carbonyl (C=O) groups is 2. The van der Waals surface area contributed by atoms with E-state index in [1.165, 1.54) is 21.8 Å². The first-order valence-electron chi connectivity index (χ1n) is 13.4. The highest BCUT2D eigenvalue weighted by Gasteiger charge is 2.41. The minimum absolute atomic E-state index is 0.0341. The van der Waals surface area contributed by atoms with Crippen molar-refractivity contribution in [3.05, 3.63) is 47.9 Å². The normalized spacial score (nSPS) is 19.1. The van der Waals surface area contributed by atoms with Gasteiger partial charge in [0, 0.05) is 37.1 Å². The summed E-state index contributed by atoms with van der Waals surface area (Å²) in [6.45, 7) is 5.95. The van der Waals surface area contributed by atoms with Crippen LogP contribution in [-0.2, 0) is 17.8 Å². The van der Waals surface area contributed by atoms with Gasteiger partial charge >= 0.3 is 12.1 Å². The molecule has 0 aliphatic carbocycles. The van der Waals surface area contributed by atoms with Crippen molar-refractivity contribution in [3.8, 4) is 5.75 Å². The molecule has 3 aromatic rings. The maximum Gasteiger partial charge on any atom is 0.414 e. The number of amides is 3. The topological polar surface area (TPSA) is 138 Å². The number of nitrogens with zero attached hydrogens (tertiary/aromatic N) is 7. The first-order valence-corrected chi connectivity index (χ1v) is 12.9. The highest BCUT2D eigenvalue weighted by atomic mass is 16.6. The number of nitrogens with one attached hydrogen (secondary N) is 1. The molecule has 0 radical (unpaired) electrons. The molecular formula is C27H34N8O5. The van der Waals surface area contributed by atoms with E-state index in [4.69, 9.17) is 14.6 Å². The fraction of sp³-hybridized carbons (Fsp3) is 0.444. The molecule has 0 saturated heterocycles. The standard InChI is InChI=1S/C27H34N8O5/c1-27(2,3)40-26(38)34-10-9-20(19-7-6-8-21(39-5)22(19)34)35-15-17-13-28-24(31-23(17)32(4)25(35)37)30-18-14-29-33(16-18)11-12-36/h6-8,13-14,16,20,36H,9-12,15H2,1-5H3,(H,28,30,31)/i20D. The van der Waals surface area contributed by atoms with Crippen LogP contribution in [0.15, 0.2) is 36.8 Å². The van der Waals surface area contributed by atoms with E-state index in [1.54, 1.807) is 69.3 Å². The van der Waals surface area contributed by atoms with Crippen molar-refractivity contribution in [2.75, 3.05) is 42.4 Å². The molecule has 3 amide bonds. The van der Waals surface area contributed by atoms with Gasteiger partial charge in [-0.3, -0.25) is 14.5 Å². The number of fused-ring (bicyclic) bond motifs is 2. The Bertz CT molecular complexity index is 1470. The van der Waals surface area contributed by atoms with E-state index in [9.17, 15) is 11.0 Å². The summed E-state index contributed by atoms with van der Waals surface area (Å²) < 4.78 is 22.5. The quantitative estimate of drug-likeness (QED) is 0.470. The second-order valence-electron chi connectivity index (χ2n) is 10.5. The zero-order valence-corrected chi connectivity index (χ0v) is 23.2. The van der Waals surface area contributed by atoms with Gasteiger partial charge in [-0.15, -0.1) is 0 Å². The summed E-state index contributed by atoms with van der Waals surface area (Å²) in [7, 11) is 3.11. The number of carbonyl (C=O) groups excluding carboxylic acids is 2. The van der Waals surface area contributed by atoms with E-state index in [2.05, 4.69) is 20.4 Å². The van der Waals surface area contributed by atoms with Crippen molar-refractivity contribution in [2.45, 2.75) is 51.9 Å². The van der Waals surface area contributed by atoms with Crippen molar-refractivity contribution in [1.82, 2.24) is 24.6 Å². The average molecular weight is 552 g/mol. The predicted octanol–water partition coefficient (Wildman–Crippen LogP) is 3.68. The molecule has 212 valence electrons. The molecule has 40 heavy (non-hydrogen) atoms. The van der Waals surface area contributed by atoms with Gasteiger partial charge in [-0.05, 0) is 33.3 Å². The Labute approximate surface area is 233 Å². The molecule has 1 atom stereocenters. The van der Waals surface area contributed by atoms with Crippen LogP contribution >= 0.6 is 0 Å². The van der Waals surface area contributed by atoms with Gasteiger partial charge in [-0.2, -0.15) is 10.1 Å². The van der Waals surface area contributed by atoms with Gasteiger partial charge in [0.25, 0.3) is 0 Å². The van der Waals surface area contributed by atoms with Gasteiger partial charge in [0.05, 0.1) is 51.8 Å². The summed E-state index contributed by atoms with van der Waals surface area (Å²) in [6, 6.07) is 3.29. The maximum atomic E-state index is 13.8. The van der Waals surface area contributed by atoms with Crippen LogP contribution in [0, 0.1) is 0 Å². The average Bonchev–Trinajstić information content (AvgIpc) is 3.36. The minimum atomic E-state index is -1.51. The second kappa shape index (κ2) is 10.6. The van der Waals surface area contributed by atoms with Gasteiger partial charge < -0.3 is 24.8 Å². The number of aliphatic hydroxyl groups excluding tert-OH is 1. The van der Waals surface area contributed by atoms with E-state index in [0.717, 1.165) is 0 Å². The molecule has 13 heteroatoms. The van der Waals surface area contributed by atoms with Crippen LogP contribution in [0.3, 0.4) is 0 Å². The highest BCUT2D eigenvalue weighted by molar-refractivity contribution is 5.95. The SMILES string of the molecule is [2H]C1(N2Cc3cnc(Nc4cnn(CCO)c4)nc3N(C)C2=O)CCN(C(=O)OC(C)(C)C)c2c(OC)cccc21. The van der Waals surface area contributed by atoms with Crippen LogP contribution in [0.2, 0.25) is 0 Å².